The van der Waals surface area contributed by atoms with Gasteiger partial charge in [-0.25, -0.2) is 11.1 Å². The van der Waals surface area contributed by atoms with Crippen LogP contribution in [0.25, 0.3) is 11.1 Å². The molecule has 0 aliphatic heterocycles. The normalized spacial score (nSPS) is 10.9. The summed E-state index contributed by atoms with van der Waals surface area (Å²) < 4.78 is 49.5. The molecule has 2 rings (SSSR count). The molecule has 0 aromatic heterocycles. The number of halogens is 4. The zero-order valence-corrected chi connectivity index (χ0v) is 11.2. The van der Waals surface area contributed by atoms with Crippen LogP contribution in [-0.4, -0.2) is 0 Å². The van der Waals surface area contributed by atoms with Crippen molar-refractivity contribution < 1.29 is 37.7 Å². The van der Waals surface area contributed by atoms with E-state index in [1.807, 2.05) is 0 Å². The molecule has 5 heteroatoms. The van der Waals surface area contributed by atoms with E-state index in [1.165, 1.54) is 18.2 Å². The minimum absolute atomic E-state index is 0. The van der Waals surface area contributed by atoms with Crippen LogP contribution in [0, 0.1) is 17.9 Å². The van der Waals surface area contributed by atoms with Crippen molar-refractivity contribution in [3.05, 3.63) is 59.9 Å². The van der Waals surface area contributed by atoms with Gasteiger partial charge in [-0.1, -0.05) is 0 Å². The van der Waals surface area contributed by atoms with Gasteiger partial charge >= 0.3 is 6.18 Å². The predicted octanol–water partition coefficient (Wildman–Crippen LogP) is 4.11. The van der Waals surface area contributed by atoms with Gasteiger partial charge in [0.15, 0.2) is 0 Å². The molecule has 2 aromatic carbocycles. The summed E-state index contributed by atoms with van der Waals surface area (Å²) in [5.41, 5.74) is 0.182. The Labute approximate surface area is 115 Å². The Hall–Kier alpha value is -1.19. The zero-order valence-electron chi connectivity index (χ0n) is 8.81. The first-order chi connectivity index (χ1) is 7.97. The van der Waals surface area contributed by atoms with E-state index in [1.54, 1.807) is 0 Å². The van der Waals surface area contributed by atoms with E-state index in [-0.39, 0.29) is 20.1 Å². The molecule has 0 aliphatic rings. The summed E-state index contributed by atoms with van der Waals surface area (Å²) in [6, 6.07) is 12.0. The van der Waals surface area contributed by atoms with Crippen LogP contribution in [0.2, 0.25) is 0 Å². The molecule has 0 amide bonds. The van der Waals surface area contributed by atoms with E-state index in [0.29, 0.717) is 11.1 Å². The van der Waals surface area contributed by atoms with Crippen molar-refractivity contribution >= 4 is 0 Å². The van der Waals surface area contributed by atoms with Crippen molar-refractivity contribution in [1.82, 2.24) is 0 Å². The number of alkyl halides is 3. The number of benzene rings is 2. The maximum atomic E-state index is 12.6. The van der Waals surface area contributed by atoms with Crippen LogP contribution < -0.4 is 0 Å². The molecule has 0 spiro atoms. The maximum Gasteiger partial charge on any atom is 0.381 e. The van der Waals surface area contributed by atoms with Gasteiger partial charge in [-0.15, -0.1) is 24.3 Å². The van der Waals surface area contributed by atoms with Crippen LogP contribution >= 0.6 is 0 Å². The third-order valence-corrected chi connectivity index (χ3v) is 2.21. The van der Waals surface area contributed by atoms with Crippen molar-refractivity contribution in [1.29, 1.82) is 0 Å². The SMILES string of the molecule is Fc1c[c-]c(-c2[c-]cc(C(F)(F)F)cc2)cc1.[Ir]. The third kappa shape index (κ3) is 3.40. The summed E-state index contributed by atoms with van der Waals surface area (Å²) >= 11 is 0. The second-order valence-corrected chi connectivity index (χ2v) is 3.41. The molecule has 0 fully saturated rings. The molecule has 0 atom stereocenters. The van der Waals surface area contributed by atoms with Gasteiger partial charge in [-0.3, -0.25) is 4.39 Å². The molecule has 0 bridgehead atoms. The largest absolute Gasteiger partial charge is 0.381 e. The molecule has 0 saturated carbocycles. The fourth-order valence-corrected chi connectivity index (χ4v) is 1.34. The Morgan fingerprint density at radius 1 is 0.833 bits per heavy atom. The van der Waals surface area contributed by atoms with Crippen molar-refractivity contribution in [2.75, 3.05) is 0 Å². The number of hydrogen-bond donors (Lipinski definition) is 0. The van der Waals surface area contributed by atoms with Crippen molar-refractivity contribution in [3.63, 3.8) is 0 Å². The van der Waals surface area contributed by atoms with Crippen LogP contribution in [0.3, 0.4) is 0 Å². The molecule has 2 aromatic rings. The van der Waals surface area contributed by atoms with Crippen molar-refractivity contribution in [2.24, 2.45) is 0 Å². The molecule has 0 aliphatic carbocycles. The minimum atomic E-state index is -4.37. The minimum Gasteiger partial charge on any atom is -0.265 e. The van der Waals surface area contributed by atoms with Gasteiger partial charge in [0.25, 0.3) is 0 Å². The molecule has 0 heterocycles. The average Bonchev–Trinajstić information content (AvgIpc) is 2.29. The topological polar surface area (TPSA) is 0 Å². The summed E-state index contributed by atoms with van der Waals surface area (Å²) in [5, 5.41) is 0. The standard InChI is InChI=1S/C13H6F4.Ir/c14-12-7-3-10(4-8-12)9-1-5-11(6-2-9)13(15,16)17;/h1,3,5-8H;/q-2;. The van der Waals surface area contributed by atoms with E-state index in [0.717, 1.165) is 18.2 Å². The maximum absolute atomic E-state index is 12.6. The van der Waals surface area contributed by atoms with Crippen molar-refractivity contribution in [2.45, 2.75) is 6.18 Å². The van der Waals surface area contributed by atoms with E-state index in [9.17, 15) is 17.6 Å². The Morgan fingerprint density at radius 2 is 1.39 bits per heavy atom. The van der Waals surface area contributed by atoms with Gasteiger partial charge in [-0.2, -0.15) is 37.4 Å². The molecule has 18 heavy (non-hydrogen) atoms. The molecule has 1 radical (unpaired) electrons. The second-order valence-electron chi connectivity index (χ2n) is 3.41. The summed E-state index contributed by atoms with van der Waals surface area (Å²) in [6.45, 7) is 0. The van der Waals surface area contributed by atoms with Gasteiger partial charge in [0.2, 0.25) is 0 Å². The van der Waals surface area contributed by atoms with Crippen LogP contribution in [0.15, 0.2) is 36.4 Å². The predicted molar refractivity (Wildman–Crippen MR) is 54.5 cm³/mol. The molecular weight excluding hydrogens is 424 g/mol. The Kier molecular flexibility index (Phi) is 4.65. The van der Waals surface area contributed by atoms with Crippen LogP contribution in [-0.2, 0) is 26.3 Å². The Bertz CT molecular complexity index is 500. The van der Waals surface area contributed by atoms with E-state index < -0.39 is 17.6 Å². The first-order valence-corrected chi connectivity index (χ1v) is 4.73. The number of hydrogen-bond acceptors (Lipinski definition) is 0. The summed E-state index contributed by atoms with van der Waals surface area (Å²) in [4.78, 5) is 0. The van der Waals surface area contributed by atoms with Gasteiger partial charge in [-0.05, 0) is 5.56 Å². The van der Waals surface area contributed by atoms with Crippen LogP contribution in [0.5, 0.6) is 0 Å². The third-order valence-electron chi connectivity index (χ3n) is 2.21. The van der Waals surface area contributed by atoms with E-state index >= 15 is 0 Å². The Morgan fingerprint density at radius 3 is 1.78 bits per heavy atom. The van der Waals surface area contributed by atoms with Gasteiger partial charge in [0, 0.05) is 25.9 Å². The first-order valence-electron chi connectivity index (χ1n) is 4.73. The van der Waals surface area contributed by atoms with Gasteiger partial charge in [0.1, 0.15) is 0 Å². The Balaban J connectivity index is 0.00000162. The fraction of sp³-hybridized carbons (Fsp3) is 0.0769. The van der Waals surface area contributed by atoms with Gasteiger partial charge in [0.05, 0.1) is 0 Å². The molecule has 0 N–H and O–H groups in total. The fourth-order valence-electron chi connectivity index (χ4n) is 1.34. The van der Waals surface area contributed by atoms with Crippen LogP contribution in [0.1, 0.15) is 5.56 Å². The molecular formula is C13H6F4Ir-2. The van der Waals surface area contributed by atoms with Crippen LogP contribution in [0.4, 0.5) is 17.6 Å². The summed E-state index contributed by atoms with van der Waals surface area (Å²) in [5.74, 6) is -0.444. The van der Waals surface area contributed by atoms with E-state index in [4.69, 9.17) is 0 Å². The monoisotopic (exact) mass is 431 g/mol. The van der Waals surface area contributed by atoms with E-state index in [2.05, 4.69) is 12.1 Å². The zero-order chi connectivity index (χ0) is 12.5. The smallest absolute Gasteiger partial charge is 0.265 e. The molecule has 0 unspecified atom stereocenters. The molecule has 97 valence electrons. The first kappa shape index (κ1) is 14.9. The number of rotatable bonds is 1. The quantitative estimate of drug-likeness (QED) is 0.472. The molecule has 0 nitrogen and oxygen atoms in total. The molecule has 0 saturated heterocycles. The second kappa shape index (κ2) is 5.63. The average molecular weight is 430 g/mol. The summed E-state index contributed by atoms with van der Waals surface area (Å²) in [6.07, 6.45) is -4.37. The van der Waals surface area contributed by atoms with Gasteiger partial charge < -0.3 is 0 Å². The summed E-state index contributed by atoms with van der Waals surface area (Å²) in [7, 11) is 0. The van der Waals surface area contributed by atoms with Crippen molar-refractivity contribution in [3.8, 4) is 11.1 Å².